The lowest BCUT2D eigenvalue weighted by Crippen LogP contribution is -2.43. The number of ether oxygens (including phenoxy) is 1. The highest BCUT2D eigenvalue weighted by Crippen LogP contribution is 2.48. The van der Waals surface area contributed by atoms with Gasteiger partial charge in [0.1, 0.15) is 0 Å². The van der Waals surface area contributed by atoms with Crippen LogP contribution in [0.5, 0.6) is 0 Å². The summed E-state index contributed by atoms with van der Waals surface area (Å²) in [5.74, 6) is 0.746. The van der Waals surface area contributed by atoms with Crippen molar-refractivity contribution in [2.75, 3.05) is 26.6 Å². The van der Waals surface area contributed by atoms with Gasteiger partial charge < -0.3 is 15.2 Å². The summed E-state index contributed by atoms with van der Waals surface area (Å²) >= 11 is 0. The number of aliphatic hydroxyl groups excluding tert-OH is 1. The molecule has 2 N–H and O–H groups in total. The molecule has 0 amide bonds. The minimum Gasteiger partial charge on any atom is -0.389 e. The number of rotatable bonds is 7. The molecule has 114 valence electrons. The van der Waals surface area contributed by atoms with E-state index in [0.717, 1.165) is 12.5 Å². The Kier molecular flexibility index (Phi) is 6.21. The first kappa shape index (κ1) is 16.9. The van der Waals surface area contributed by atoms with Gasteiger partial charge in [-0.05, 0) is 36.0 Å². The highest BCUT2D eigenvalue weighted by molar-refractivity contribution is 4.91. The van der Waals surface area contributed by atoms with E-state index < -0.39 is 13.0 Å². The van der Waals surface area contributed by atoms with Crippen LogP contribution in [0.4, 0.5) is 4.39 Å². The summed E-state index contributed by atoms with van der Waals surface area (Å²) < 4.78 is 16.4. The Balaban J connectivity index is 2.34. The molecule has 1 fully saturated rings. The van der Waals surface area contributed by atoms with Crippen LogP contribution in [-0.4, -0.2) is 37.8 Å². The van der Waals surface area contributed by atoms with Gasteiger partial charge in [0.15, 0.2) is 6.86 Å². The van der Waals surface area contributed by atoms with Crippen molar-refractivity contribution in [2.45, 2.75) is 53.1 Å². The van der Waals surface area contributed by atoms with Crippen LogP contribution in [-0.2, 0) is 4.74 Å². The maximum absolute atomic E-state index is 11.8. The van der Waals surface area contributed by atoms with E-state index in [-0.39, 0.29) is 12.0 Å². The molecule has 1 aliphatic rings. The molecular weight excluding hydrogens is 245 g/mol. The zero-order valence-corrected chi connectivity index (χ0v) is 12.8. The van der Waals surface area contributed by atoms with Gasteiger partial charge in [0.25, 0.3) is 0 Å². The van der Waals surface area contributed by atoms with Gasteiger partial charge in [0, 0.05) is 13.1 Å². The highest BCUT2D eigenvalue weighted by Gasteiger charge is 2.39. The molecule has 19 heavy (non-hydrogen) atoms. The smallest absolute Gasteiger partial charge is 0.188 e. The fourth-order valence-electron chi connectivity index (χ4n) is 4.07. The van der Waals surface area contributed by atoms with Gasteiger partial charge in [0.05, 0.1) is 12.7 Å². The van der Waals surface area contributed by atoms with Crippen LogP contribution in [0.2, 0.25) is 0 Å². The molecule has 0 saturated heterocycles. The Morgan fingerprint density at radius 3 is 2.63 bits per heavy atom. The second kappa shape index (κ2) is 7.00. The topological polar surface area (TPSA) is 41.5 Å². The number of halogens is 1. The molecule has 0 radical (unpaired) electrons. The van der Waals surface area contributed by atoms with Crippen LogP contribution < -0.4 is 5.32 Å². The molecule has 0 aliphatic heterocycles. The van der Waals surface area contributed by atoms with E-state index in [0.29, 0.717) is 12.0 Å². The molecule has 1 saturated carbocycles. The lowest BCUT2D eigenvalue weighted by Gasteiger charge is -2.46. The molecular formula is C15H30FNO2. The first-order chi connectivity index (χ1) is 8.76. The van der Waals surface area contributed by atoms with Crippen molar-refractivity contribution in [2.24, 2.45) is 16.7 Å². The highest BCUT2D eigenvalue weighted by atomic mass is 19.1. The molecule has 0 aromatic heterocycles. The first-order valence-electron chi connectivity index (χ1n) is 7.29. The largest absolute Gasteiger partial charge is 0.389 e. The molecule has 0 aromatic carbocycles. The Morgan fingerprint density at radius 2 is 2.05 bits per heavy atom. The predicted octanol–water partition coefficient (Wildman–Crippen LogP) is 2.73. The van der Waals surface area contributed by atoms with E-state index in [1.54, 1.807) is 0 Å². The van der Waals surface area contributed by atoms with Crippen molar-refractivity contribution in [1.82, 2.24) is 5.32 Å². The van der Waals surface area contributed by atoms with Crippen molar-refractivity contribution < 1.29 is 14.2 Å². The third-order valence-corrected chi connectivity index (χ3v) is 3.97. The van der Waals surface area contributed by atoms with Gasteiger partial charge >= 0.3 is 0 Å². The summed E-state index contributed by atoms with van der Waals surface area (Å²) in [4.78, 5) is 0. The maximum Gasteiger partial charge on any atom is 0.188 e. The Labute approximate surface area is 116 Å². The van der Waals surface area contributed by atoms with E-state index in [4.69, 9.17) is 0 Å². The number of hydrogen-bond donors (Lipinski definition) is 2. The normalized spacial score (nSPS) is 32.2. The standard InChI is InChI=1S/C15H30FNO2/c1-12-5-14(2,3)9-15(4,6-12)10-17-7-13(18)8-19-11-16/h12-13,17-18H,5-11H2,1-4H3. The molecule has 1 aliphatic carbocycles. The van der Waals surface area contributed by atoms with Gasteiger partial charge in [-0.1, -0.05) is 27.7 Å². The molecule has 4 heteroatoms. The minimum atomic E-state index is -0.833. The lowest BCUT2D eigenvalue weighted by molar-refractivity contribution is -0.00526. The second-order valence-electron chi connectivity index (χ2n) is 7.43. The van der Waals surface area contributed by atoms with E-state index in [2.05, 4.69) is 37.7 Å². The minimum absolute atomic E-state index is 0.0576. The van der Waals surface area contributed by atoms with Gasteiger partial charge in [-0.2, -0.15) is 0 Å². The van der Waals surface area contributed by atoms with Gasteiger partial charge in [0.2, 0.25) is 0 Å². The van der Waals surface area contributed by atoms with Crippen LogP contribution in [0.1, 0.15) is 47.0 Å². The van der Waals surface area contributed by atoms with Crippen LogP contribution in [0.3, 0.4) is 0 Å². The van der Waals surface area contributed by atoms with Gasteiger partial charge in [-0.15, -0.1) is 0 Å². The Morgan fingerprint density at radius 1 is 1.37 bits per heavy atom. The van der Waals surface area contributed by atoms with Crippen molar-refractivity contribution in [1.29, 1.82) is 0 Å². The molecule has 0 heterocycles. The van der Waals surface area contributed by atoms with Gasteiger partial charge in [-0.3, -0.25) is 0 Å². The van der Waals surface area contributed by atoms with E-state index in [1.165, 1.54) is 19.3 Å². The second-order valence-corrected chi connectivity index (χ2v) is 7.43. The average molecular weight is 275 g/mol. The Hall–Kier alpha value is -0.190. The predicted molar refractivity (Wildman–Crippen MR) is 75.7 cm³/mol. The quantitative estimate of drug-likeness (QED) is 0.750. The molecule has 3 unspecified atom stereocenters. The van der Waals surface area contributed by atoms with E-state index in [9.17, 15) is 9.50 Å². The monoisotopic (exact) mass is 275 g/mol. The summed E-state index contributed by atoms with van der Waals surface area (Å²) in [7, 11) is 0. The first-order valence-corrected chi connectivity index (χ1v) is 7.29. The molecule has 1 rings (SSSR count). The molecule has 0 spiro atoms. The average Bonchev–Trinajstić information content (AvgIpc) is 2.22. The van der Waals surface area contributed by atoms with Crippen LogP contribution in [0.15, 0.2) is 0 Å². The van der Waals surface area contributed by atoms with E-state index >= 15 is 0 Å². The molecule has 0 bridgehead atoms. The molecule has 3 atom stereocenters. The van der Waals surface area contributed by atoms with Crippen LogP contribution in [0.25, 0.3) is 0 Å². The zero-order valence-electron chi connectivity index (χ0n) is 12.8. The maximum atomic E-state index is 11.8. The van der Waals surface area contributed by atoms with Crippen LogP contribution in [0, 0.1) is 16.7 Å². The van der Waals surface area contributed by atoms with Crippen molar-refractivity contribution in [3.63, 3.8) is 0 Å². The van der Waals surface area contributed by atoms with E-state index in [1.807, 2.05) is 0 Å². The van der Waals surface area contributed by atoms with Crippen molar-refractivity contribution in [3.05, 3.63) is 0 Å². The Bertz CT molecular complexity index is 273. The summed E-state index contributed by atoms with van der Waals surface area (Å²) in [6, 6.07) is 0. The SMILES string of the molecule is CC1CC(C)(C)CC(C)(CNCC(O)COCF)C1. The third kappa shape index (κ3) is 6.19. The number of alkyl halides is 1. The fourth-order valence-corrected chi connectivity index (χ4v) is 4.07. The zero-order chi connectivity index (χ0) is 14.5. The summed E-state index contributed by atoms with van der Waals surface area (Å²) in [6.07, 6.45) is 3.08. The molecule has 0 aromatic rings. The van der Waals surface area contributed by atoms with Crippen molar-refractivity contribution >= 4 is 0 Å². The number of aliphatic hydroxyl groups is 1. The third-order valence-electron chi connectivity index (χ3n) is 3.97. The summed E-state index contributed by atoms with van der Waals surface area (Å²) in [6.45, 7) is 9.90. The van der Waals surface area contributed by atoms with Gasteiger partial charge in [-0.25, -0.2) is 4.39 Å². The number of nitrogens with one attached hydrogen (secondary N) is 1. The number of hydrogen-bond acceptors (Lipinski definition) is 3. The van der Waals surface area contributed by atoms with Crippen molar-refractivity contribution in [3.8, 4) is 0 Å². The fraction of sp³-hybridized carbons (Fsp3) is 1.00. The lowest BCUT2D eigenvalue weighted by atomic mass is 9.61. The molecule has 3 nitrogen and oxygen atoms in total. The summed E-state index contributed by atoms with van der Waals surface area (Å²) in [5, 5.41) is 12.9. The van der Waals surface area contributed by atoms with Crippen LogP contribution >= 0.6 is 0 Å². The summed E-state index contributed by atoms with van der Waals surface area (Å²) in [5.41, 5.74) is 0.673.